The number of nitrogens with two attached hydrogens (primary N) is 1. The standard InChI is InChI=1S/C14H21NO3/c1-16-11-6-10(7-12(8-11)17-2)9-18-14-5-3-4-13(14)15/h6-8,13-14H,3-5,9,15H2,1-2H3. The van der Waals surface area contributed by atoms with Gasteiger partial charge in [-0.3, -0.25) is 0 Å². The van der Waals surface area contributed by atoms with Crippen LogP contribution in [-0.4, -0.2) is 26.4 Å². The van der Waals surface area contributed by atoms with Crippen molar-refractivity contribution in [2.45, 2.75) is 38.0 Å². The van der Waals surface area contributed by atoms with Gasteiger partial charge in [-0.1, -0.05) is 0 Å². The number of ether oxygens (including phenoxy) is 3. The van der Waals surface area contributed by atoms with E-state index >= 15 is 0 Å². The van der Waals surface area contributed by atoms with Crippen molar-refractivity contribution in [2.75, 3.05) is 14.2 Å². The van der Waals surface area contributed by atoms with Gasteiger partial charge >= 0.3 is 0 Å². The molecule has 4 nitrogen and oxygen atoms in total. The van der Waals surface area contributed by atoms with E-state index in [-0.39, 0.29) is 12.1 Å². The van der Waals surface area contributed by atoms with Gasteiger partial charge in [-0.15, -0.1) is 0 Å². The van der Waals surface area contributed by atoms with Crippen LogP contribution in [0.3, 0.4) is 0 Å². The molecule has 0 radical (unpaired) electrons. The van der Waals surface area contributed by atoms with Crippen molar-refractivity contribution in [2.24, 2.45) is 5.73 Å². The maximum absolute atomic E-state index is 5.98. The van der Waals surface area contributed by atoms with Gasteiger partial charge in [0.05, 0.1) is 26.9 Å². The topological polar surface area (TPSA) is 53.7 Å². The molecule has 0 amide bonds. The van der Waals surface area contributed by atoms with Crippen LogP contribution in [-0.2, 0) is 11.3 Å². The summed E-state index contributed by atoms with van der Waals surface area (Å²) in [7, 11) is 3.29. The first-order chi connectivity index (χ1) is 8.72. The Morgan fingerprint density at radius 2 is 1.78 bits per heavy atom. The second kappa shape index (κ2) is 6.07. The molecule has 100 valence electrons. The molecule has 0 bridgehead atoms. The molecule has 1 aliphatic carbocycles. The Kier molecular flexibility index (Phi) is 4.44. The third-order valence-corrected chi connectivity index (χ3v) is 3.38. The molecule has 1 saturated carbocycles. The predicted octanol–water partition coefficient (Wildman–Crippen LogP) is 2.10. The number of hydrogen-bond donors (Lipinski definition) is 1. The van der Waals surface area contributed by atoms with Crippen molar-refractivity contribution in [1.29, 1.82) is 0 Å². The quantitative estimate of drug-likeness (QED) is 0.870. The second-order valence-electron chi connectivity index (χ2n) is 4.67. The average molecular weight is 251 g/mol. The summed E-state index contributed by atoms with van der Waals surface area (Å²) in [5, 5.41) is 0. The van der Waals surface area contributed by atoms with E-state index < -0.39 is 0 Å². The molecule has 1 aliphatic rings. The van der Waals surface area contributed by atoms with Crippen LogP contribution in [0.4, 0.5) is 0 Å². The molecule has 0 heterocycles. The van der Waals surface area contributed by atoms with Crippen LogP contribution < -0.4 is 15.2 Å². The first kappa shape index (κ1) is 13.2. The Balaban J connectivity index is 1.99. The fourth-order valence-corrected chi connectivity index (χ4v) is 2.31. The van der Waals surface area contributed by atoms with Crippen LogP contribution in [0.15, 0.2) is 18.2 Å². The zero-order valence-electron chi connectivity index (χ0n) is 11.0. The first-order valence-corrected chi connectivity index (χ1v) is 6.32. The summed E-state index contributed by atoms with van der Waals surface area (Å²) < 4.78 is 16.3. The van der Waals surface area contributed by atoms with E-state index in [9.17, 15) is 0 Å². The highest BCUT2D eigenvalue weighted by Gasteiger charge is 2.24. The minimum atomic E-state index is 0.178. The Bertz CT molecular complexity index is 372. The van der Waals surface area contributed by atoms with Gasteiger partial charge in [0.25, 0.3) is 0 Å². The molecular weight excluding hydrogens is 230 g/mol. The third kappa shape index (κ3) is 3.15. The lowest BCUT2D eigenvalue weighted by atomic mass is 10.2. The van der Waals surface area contributed by atoms with Crippen LogP contribution >= 0.6 is 0 Å². The van der Waals surface area contributed by atoms with E-state index in [0.29, 0.717) is 6.61 Å². The summed E-state index contributed by atoms with van der Waals surface area (Å²) >= 11 is 0. The largest absolute Gasteiger partial charge is 0.497 e. The molecule has 0 aromatic heterocycles. The van der Waals surface area contributed by atoms with Crippen molar-refractivity contribution >= 4 is 0 Å². The maximum atomic E-state index is 5.98. The van der Waals surface area contributed by atoms with Crippen molar-refractivity contribution in [3.05, 3.63) is 23.8 Å². The van der Waals surface area contributed by atoms with Crippen molar-refractivity contribution in [1.82, 2.24) is 0 Å². The molecule has 18 heavy (non-hydrogen) atoms. The van der Waals surface area contributed by atoms with E-state index in [4.69, 9.17) is 19.9 Å². The summed E-state index contributed by atoms with van der Waals surface area (Å²) in [5.74, 6) is 1.56. The lowest BCUT2D eigenvalue weighted by molar-refractivity contribution is 0.0355. The molecule has 2 unspecified atom stereocenters. The number of benzene rings is 1. The smallest absolute Gasteiger partial charge is 0.122 e. The molecular formula is C14H21NO3. The summed E-state index contributed by atoms with van der Waals surface area (Å²) in [6.07, 6.45) is 3.46. The molecule has 1 fully saturated rings. The number of methoxy groups -OCH3 is 2. The molecule has 2 atom stereocenters. The van der Waals surface area contributed by atoms with Crippen molar-refractivity contribution in [3.8, 4) is 11.5 Å². The summed E-state index contributed by atoms with van der Waals surface area (Å²) in [6, 6.07) is 5.95. The normalized spacial score (nSPS) is 23.1. The molecule has 1 aromatic carbocycles. The monoisotopic (exact) mass is 251 g/mol. The average Bonchev–Trinajstić information content (AvgIpc) is 2.81. The number of hydrogen-bond acceptors (Lipinski definition) is 4. The van der Waals surface area contributed by atoms with Gasteiger partial charge in [-0.2, -0.15) is 0 Å². The van der Waals surface area contributed by atoms with Gasteiger partial charge in [0.2, 0.25) is 0 Å². The van der Waals surface area contributed by atoms with Gasteiger partial charge in [0, 0.05) is 12.1 Å². The molecule has 2 rings (SSSR count). The van der Waals surface area contributed by atoms with Crippen molar-refractivity contribution < 1.29 is 14.2 Å². The molecule has 0 aliphatic heterocycles. The van der Waals surface area contributed by atoms with Gasteiger partial charge < -0.3 is 19.9 Å². The van der Waals surface area contributed by atoms with Crippen LogP contribution in [0, 0.1) is 0 Å². The summed E-state index contributed by atoms with van der Waals surface area (Å²) in [4.78, 5) is 0. The molecule has 0 spiro atoms. The highest BCUT2D eigenvalue weighted by molar-refractivity contribution is 5.38. The molecule has 2 N–H and O–H groups in total. The highest BCUT2D eigenvalue weighted by Crippen LogP contribution is 2.25. The van der Waals surface area contributed by atoms with E-state index in [2.05, 4.69) is 0 Å². The van der Waals surface area contributed by atoms with Crippen molar-refractivity contribution in [3.63, 3.8) is 0 Å². The fourth-order valence-electron chi connectivity index (χ4n) is 2.31. The van der Waals surface area contributed by atoms with Gasteiger partial charge in [0.1, 0.15) is 11.5 Å². The zero-order valence-corrected chi connectivity index (χ0v) is 11.0. The summed E-state index contributed by atoms with van der Waals surface area (Å²) in [6.45, 7) is 0.548. The second-order valence-corrected chi connectivity index (χ2v) is 4.67. The van der Waals surface area contributed by atoms with E-state index in [1.807, 2.05) is 18.2 Å². The van der Waals surface area contributed by atoms with Crippen LogP contribution in [0.2, 0.25) is 0 Å². The highest BCUT2D eigenvalue weighted by atomic mass is 16.5. The lowest BCUT2D eigenvalue weighted by Gasteiger charge is -2.17. The Hall–Kier alpha value is -1.26. The van der Waals surface area contributed by atoms with Crippen LogP contribution in [0.25, 0.3) is 0 Å². The maximum Gasteiger partial charge on any atom is 0.122 e. The van der Waals surface area contributed by atoms with Gasteiger partial charge in [0.15, 0.2) is 0 Å². The SMILES string of the molecule is COc1cc(COC2CCCC2N)cc(OC)c1. The summed E-state index contributed by atoms with van der Waals surface area (Å²) in [5.41, 5.74) is 7.03. The molecule has 0 saturated heterocycles. The fraction of sp³-hybridized carbons (Fsp3) is 0.571. The Morgan fingerprint density at radius 1 is 1.11 bits per heavy atom. The molecule has 4 heteroatoms. The predicted molar refractivity (Wildman–Crippen MR) is 69.9 cm³/mol. The lowest BCUT2D eigenvalue weighted by Crippen LogP contribution is -2.31. The number of rotatable bonds is 5. The minimum Gasteiger partial charge on any atom is -0.497 e. The Labute approximate surface area is 108 Å². The minimum absolute atomic E-state index is 0.178. The van der Waals surface area contributed by atoms with E-state index in [0.717, 1.165) is 36.3 Å². The first-order valence-electron chi connectivity index (χ1n) is 6.32. The third-order valence-electron chi connectivity index (χ3n) is 3.38. The van der Waals surface area contributed by atoms with Crippen LogP contribution in [0.5, 0.6) is 11.5 Å². The van der Waals surface area contributed by atoms with Gasteiger partial charge in [-0.25, -0.2) is 0 Å². The Morgan fingerprint density at radius 3 is 2.28 bits per heavy atom. The zero-order chi connectivity index (χ0) is 13.0. The van der Waals surface area contributed by atoms with Gasteiger partial charge in [-0.05, 0) is 37.0 Å². The molecule has 1 aromatic rings. The van der Waals surface area contributed by atoms with E-state index in [1.165, 1.54) is 0 Å². The van der Waals surface area contributed by atoms with Crippen LogP contribution in [0.1, 0.15) is 24.8 Å². The van der Waals surface area contributed by atoms with E-state index in [1.54, 1.807) is 14.2 Å².